The first-order valence-electron chi connectivity index (χ1n) is 6.11. The van der Waals surface area contributed by atoms with E-state index in [1.807, 2.05) is 0 Å². The van der Waals surface area contributed by atoms with Crippen molar-refractivity contribution in [3.63, 3.8) is 0 Å². The average molecular weight is 284 g/mol. The average Bonchev–Trinajstić information content (AvgIpc) is 2.51. The van der Waals surface area contributed by atoms with Crippen LogP contribution in [0.2, 0.25) is 0 Å². The molecular formula is C13H14F2N2O3. The van der Waals surface area contributed by atoms with E-state index in [0.29, 0.717) is 19.5 Å². The van der Waals surface area contributed by atoms with Crippen molar-refractivity contribution in [2.24, 2.45) is 0 Å². The van der Waals surface area contributed by atoms with E-state index in [-0.39, 0.29) is 18.1 Å². The third kappa shape index (κ3) is 2.71. The number of anilines is 1. The van der Waals surface area contributed by atoms with Crippen LogP contribution in [0.5, 0.6) is 0 Å². The summed E-state index contributed by atoms with van der Waals surface area (Å²) in [5.41, 5.74) is -0.805. The van der Waals surface area contributed by atoms with Gasteiger partial charge in [-0.3, -0.25) is 4.79 Å². The molecule has 1 aromatic rings. The van der Waals surface area contributed by atoms with Gasteiger partial charge in [-0.2, -0.15) is 0 Å². The molecule has 0 spiro atoms. The Bertz CT molecular complexity index is 540. The maximum Gasteiger partial charge on any atom is 0.335 e. The predicted octanol–water partition coefficient (Wildman–Crippen LogP) is 1.33. The number of carboxylic acid groups (broad SMARTS) is 1. The summed E-state index contributed by atoms with van der Waals surface area (Å²) in [5.74, 6) is -3.58. The molecule has 1 aromatic carbocycles. The molecule has 1 aliphatic rings. The molecule has 108 valence electrons. The zero-order valence-electron chi connectivity index (χ0n) is 10.9. The maximum atomic E-state index is 13.9. The molecule has 1 amide bonds. The van der Waals surface area contributed by atoms with Crippen LogP contribution in [-0.4, -0.2) is 48.6 Å². The van der Waals surface area contributed by atoms with Crippen molar-refractivity contribution >= 4 is 17.6 Å². The number of carbonyl (C=O) groups excluding carboxylic acids is 1. The summed E-state index contributed by atoms with van der Waals surface area (Å²) in [6.07, 6.45) is 0.585. The number of nitrogens with zero attached hydrogens (tertiary/aromatic N) is 2. The highest BCUT2D eigenvalue weighted by Crippen LogP contribution is 2.26. The SMILES string of the molecule is CN1CCCN(c2c(F)cc(C(=O)O)cc2F)CC1=O. The van der Waals surface area contributed by atoms with E-state index in [4.69, 9.17) is 5.11 Å². The van der Waals surface area contributed by atoms with E-state index < -0.39 is 23.2 Å². The standard InChI is InChI=1S/C13H14F2N2O3/c1-16-3-2-4-17(7-11(16)18)12-9(14)5-8(13(19)20)6-10(12)15/h5-6H,2-4,7H2,1H3,(H,19,20). The Hall–Kier alpha value is -2.18. The summed E-state index contributed by atoms with van der Waals surface area (Å²) >= 11 is 0. The molecule has 2 rings (SSSR count). The van der Waals surface area contributed by atoms with Gasteiger partial charge in [0, 0.05) is 20.1 Å². The molecule has 0 aromatic heterocycles. The first-order chi connectivity index (χ1) is 9.40. The summed E-state index contributed by atoms with van der Waals surface area (Å²) in [7, 11) is 1.63. The van der Waals surface area contributed by atoms with Crippen LogP contribution in [0.15, 0.2) is 12.1 Å². The summed E-state index contributed by atoms with van der Waals surface area (Å²) in [6, 6.07) is 1.53. The minimum atomic E-state index is -1.40. The van der Waals surface area contributed by atoms with Crippen LogP contribution in [-0.2, 0) is 4.79 Å². The summed E-state index contributed by atoms with van der Waals surface area (Å²) in [6.45, 7) is 0.721. The van der Waals surface area contributed by atoms with Gasteiger partial charge in [-0.15, -0.1) is 0 Å². The Kier molecular flexibility index (Phi) is 3.87. The summed E-state index contributed by atoms with van der Waals surface area (Å²) in [5, 5.41) is 8.75. The van der Waals surface area contributed by atoms with Gasteiger partial charge in [-0.1, -0.05) is 0 Å². The molecule has 20 heavy (non-hydrogen) atoms. The number of likely N-dealkylation sites (N-methyl/N-ethyl adjacent to an activating group) is 1. The minimum Gasteiger partial charge on any atom is -0.478 e. The Labute approximate surface area is 114 Å². The van der Waals surface area contributed by atoms with Crippen LogP contribution in [0.1, 0.15) is 16.8 Å². The lowest BCUT2D eigenvalue weighted by molar-refractivity contribution is -0.127. The topological polar surface area (TPSA) is 60.9 Å². The molecule has 1 aliphatic heterocycles. The zero-order valence-corrected chi connectivity index (χ0v) is 10.9. The Morgan fingerprint density at radius 1 is 1.25 bits per heavy atom. The molecule has 1 saturated heterocycles. The van der Waals surface area contributed by atoms with E-state index in [2.05, 4.69) is 0 Å². The molecule has 7 heteroatoms. The van der Waals surface area contributed by atoms with Gasteiger partial charge in [0.25, 0.3) is 0 Å². The number of carbonyl (C=O) groups is 2. The van der Waals surface area contributed by atoms with Crippen molar-refractivity contribution in [3.8, 4) is 0 Å². The molecule has 5 nitrogen and oxygen atoms in total. The number of aromatic carboxylic acids is 1. The molecule has 1 heterocycles. The smallest absolute Gasteiger partial charge is 0.335 e. The Morgan fingerprint density at radius 2 is 1.85 bits per heavy atom. The van der Waals surface area contributed by atoms with Gasteiger partial charge in [0.2, 0.25) is 5.91 Å². The zero-order chi connectivity index (χ0) is 14.9. The first-order valence-corrected chi connectivity index (χ1v) is 6.11. The fourth-order valence-electron chi connectivity index (χ4n) is 2.17. The highest BCUT2D eigenvalue weighted by Gasteiger charge is 2.25. The molecule has 0 atom stereocenters. The van der Waals surface area contributed by atoms with Crippen LogP contribution >= 0.6 is 0 Å². The summed E-state index contributed by atoms with van der Waals surface area (Å²) < 4.78 is 27.9. The van der Waals surface area contributed by atoms with Gasteiger partial charge in [0.15, 0.2) is 0 Å². The second kappa shape index (κ2) is 5.44. The third-order valence-electron chi connectivity index (χ3n) is 3.25. The molecule has 0 aliphatic carbocycles. The number of hydrogen-bond donors (Lipinski definition) is 1. The maximum absolute atomic E-state index is 13.9. The molecule has 0 saturated carbocycles. The second-order valence-corrected chi connectivity index (χ2v) is 4.68. The molecule has 0 bridgehead atoms. The van der Waals surface area contributed by atoms with Gasteiger partial charge in [-0.05, 0) is 18.6 Å². The van der Waals surface area contributed by atoms with Crippen LogP contribution < -0.4 is 4.90 Å². The number of carboxylic acids is 1. The van der Waals surface area contributed by atoms with Gasteiger partial charge >= 0.3 is 5.97 Å². The van der Waals surface area contributed by atoms with Crippen LogP contribution in [0.4, 0.5) is 14.5 Å². The highest BCUT2D eigenvalue weighted by molar-refractivity contribution is 5.88. The third-order valence-corrected chi connectivity index (χ3v) is 3.25. The number of hydrogen-bond acceptors (Lipinski definition) is 3. The van der Waals surface area contributed by atoms with Gasteiger partial charge in [0.1, 0.15) is 17.3 Å². The lowest BCUT2D eigenvalue weighted by Crippen LogP contribution is -2.35. The fraction of sp³-hybridized carbons (Fsp3) is 0.385. The fourth-order valence-corrected chi connectivity index (χ4v) is 2.17. The quantitative estimate of drug-likeness (QED) is 0.890. The van der Waals surface area contributed by atoms with E-state index in [1.165, 1.54) is 9.80 Å². The van der Waals surface area contributed by atoms with Crippen molar-refractivity contribution in [1.82, 2.24) is 4.90 Å². The van der Waals surface area contributed by atoms with Gasteiger partial charge in [0.05, 0.1) is 12.1 Å². The highest BCUT2D eigenvalue weighted by atomic mass is 19.1. The molecule has 0 radical (unpaired) electrons. The predicted molar refractivity (Wildman–Crippen MR) is 67.8 cm³/mol. The van der Waals surface area contributed by atoms with Crippen LogP contribution in [0, 0.1) is 11.6 Å². The van der Waals surface area contributed by atoms with Gasteiger partial charge < -0.3 is 14.9 Å². The minimum absolute atomic E-state index is 0.128. The molecular weight excluding hydrogens is 270 g/mol. The molecule has 1 fully saturated rings. The monoisotopic (exact) mass is 284 g/mol. The number of halogens is 2. The van der Waals surface area contributed by atoms with Crippen molar-refractivity contribution in [3.05, 3.63) is 29.3 Å². The number of rotatable bonds is 2. The van der Waals surface area contributed by atoms with Crippen molar-refractivity contribution in [1.29, 1.82) is 0 Å². The van der Waals surface area contributed by atoms with Crippen LogP contribution in [0.3, 0.4) is 0 Å². The Balaban J connectivity index is 2.37. The normalized spacial score (nSPS) is 16.2. The second-order valence-electron chi connectivity index (χ2n) is 4.68. The van der Waals surface area contributed by atoms with Crippen molar-refractivity contribution < 1.29 is 23.5 Å². The first kappa shape index (κ1) is 14.2. The van der Waals surface area contributed by atoms with Crippen LogP contribution in [0.25, 0.3) is 0 Å². The number of benzene rings is 1. The molecule has 1 N–H and O–H groups in total. The summed E-state index contributed by atoms with van der Waals surface area (Å²) in [4.78, 5) is 25.3. The Morgan fingerprint density at radius 3 is 2.40 bits per heavy atom. The van der Waals surface area contributed by atoms with E-state index in [0.717, 1.165) is 12.1 Å². The largest absolute Gasteiger partial charge is 0.478 e. The van der Waals surface area contributed by atoms with Gasteiger partial charge in [-0.25, -0.2) is 13.6 Å². The van der Waals surface area contributed by atoms with Crippen molar-refractivity contribution in [2.75, 3.05) is 31.6 Å². The lowest BCUT2D eigenvalue weighted by Gasteiger charge is -2.23. The van der Waals surface area contributed by atoms with E-state index in [9.17, 15) is 18.4 Å². The molecule has 0 unspecified atom stereocenters. The lowest BCUT2D eigenvalue weighted by atomic mass is 10.1. The van der Waals surface area contributed by atoms with Crippen molar-refractivity contribution in [2.45, 2.75) is 6.42 Å². The number of amides is 1. The van der Waals surface area contributed by atoms with E-state index >= 15 is 0 Å². The van der Waals surface area contributed by atoms with E-state index in [1.54, 1.807) is 7.05 Å².